The minimum absolute atomic E-state index is 0.0964. The number of carbonyl (C=O) groups excluding carboxylic acids is 2. The molecule has 2 amide bonds. The number of hydrogen-bond donors (Lipinski definition) is 1. The number of likely N-dealkylation sites (tertiary alicyclic amines) is 1. The Morgan fingerprint density at radius 3 is 2.55 bits per heavy atom. The van der Waals surface area contributed by atoms with Crippen molar-refractivity contribution in [1.82, 2.24) is 10.2 Å². The second-order valence-corrected chi connectivity index (χ2v) is 9.28. The van der Waals surface area contributed by atoms with E-state index in [0.717, 1.165) is 18.9 Å². The normalized spacial score (nSPS) is 22.3. The average Bonchev–Trinajstić information content (AvgIpc) is 3.52. The van der Waals surface area contributed by atoms with Gasteiger partial charge in [0.05, 0.1) is 17.2 Å². The van der Waals surface area contributed by atoms with Crippen LogP contribution in [0, 0.1) is 16.7 Å². The number of carbonyl (C=O) groups is 2. The van der Waals surface area contributed by atoms with Gasteiger partial charge in [0.1, 0.15) is 12.6 Å². The van der Waals surface area contributed by atoms with Gasteiger partial charge in [-0.25, -0.2) is 0 Å². The minimum Gasteiger partial charge on any atom is -0.375 e. The van der Waals surface area contributed by atoms with Gasteiger partial charge >= 0.3 is 6.18 Å². The average molecular weight is 464 g/mol. The molecule has 1 aromatic carbocycles. The molecule has 2 heterocycles. The van der Waals surface area contributed by atoms with Crippen LogP contribution in [0.2, 0.25) is 0 Å². The summed E-state index contributed by atoms with van der Waals surface area (Å²) in [5, 5.41) is 12.0. The van der Waals surface area contributed by atoms with E-state index in [9.17, 15) is 22.8 Å². The molecule has 1 spiro atoms. The van der Waals surface area contributed by atoms with Gasteiger partial charge in [0.2, 0.25) is 11.8 Å². The maximum absolute atomic E-state index is 13.4. The minimum atomic E-state index is -4.60. The zero-order valence-corrected chi connectivity index (χ0v) is 18.5. The Morgan fingerprint density at radius 1 is 1.27 bits per heavy atom. The van der Waals surface area contributed by atoms with Crippen LogP contribution in [0.5, 0.6) is 0 Å². The summed E-state index contributed by atoms with van der Waals surface area (Å²) in [7, 11) is 1.44. The summed E-state index contributed by atoms with van der Waals surface area (Å²) in [6.45, 7) is 1.35. The molecule has 0 radical (unpaired) electrons. The van der Waals surface area contributed by atoms with E-state index in [1.807, 2.05) is 4.90 Å². The van der Waals surface area contributed by atoms with Crippen LogP contribution in [-0.2, 0) is 20.5 Å². The quantitative estimate of drug-likeness (QED) is 0.724. The number of hydrogen-bond acceptors (Lipinski definition) is 5. The molecule has 178 valence electrons. The van der Waals surface area contributed by atoms with E-state index in [1.165, 1.54) is 13.2 Å². The summed E-state index contributed by atoms with van der Waals surface area (Å²) in [6, 6.07) is 5.03. The molecule has 1 aliphatic carbocycles. The van der Waals surface area contributed by atoms with Gasteiger partial charge in [0, 0.05) is 38.5 Å². The fourth-order valence-corrected chi connectivity index (χ4v) is 4.95. The van der Waals surface area contributed by atoms with E-state index in [-0.39, 0.29) is 29.9 Å². The van der Waals surface area contributed by atoms with Crippen molar-refractivity contribution in [3.8, 4) is 6.07 Å². The second-order valence-electron chi connectivity index (χ2n) is 9.28. The van der Waals surface area contributed by atoms with Crippen LogP contribution in [0.25, 0.3) is 0 Å². The Morgan fingerprint density at radius 2 is 1.97 bits per heavy atom. The summed E-state index contributed by atoms with van der Waals surface area (Å²) < 4.78 is 45.1. The molecular formula is C23H27F3N4O3. The summed E-state index contributed by atoms with van der Waals surface area (Å²) >= 11 is 0. The third-order valence-corrected chi connectivity index (χ3v) is 6.94. The SMILES string of the molecule is COCC(=O)N1CC2(CCN(c3ccc(C#N)c(C(F)(F)F)c3)CC2)CC1C(=O)NC1CC1. The number of alkyl halides is 3. The molecule has 0 bridgehead atoms. The molecule has 1 saturated carbocycles. The number of anilines is 1. The van der Waals surface area contributed by atoms with Crippen molar-refractivity contribution in [3.05, 3.63) is 29.3 Å². The van der Waals surface area contributed by atoms with Crippen LogP contribution in [0.1, 0.15) is 43.2 Å². The summed E-state index contributed by atoms with van der Waals surface area (Å²) in [4.78, 5) is 29.0. The van der Waals surface area contributed by atoms with Gasteiger partial charge in [-0.2, -0.15) is 18.4 Å². The van der Waals surface area contributed by atoms with Gasteiger partial charge < -0.3 is 19.9 Å². The number of amides is 2. The van der Waals surface area contributed by atoms with E-state index in [4.69, 9.17) is 10.00 Å². The molecule has 3 aliphatic rings. The van der Waals surface area contributed by atoms with Gasteiger partial charge in [-0.05, 0) is 55.7 Å². The monoisotopic (exact) mass is 464 g/mol. The molecule has 1 aromatic rings. The van der Waals surface area contributed by atoms with Crippen LogP contribution in [0.4, 0.5) is 18.9 Å². The van der Waals surface area contributed by atoms with E-state index < -0.39 is 23.3 Å². The second kappa shape index (κ2) is 8.86. The third-order valence-electron chi connectivity index (χ3n) is 6.94. The van der Waals surface area contributed by atoms with Gasteiger partial charge in [-0.1, -0.05) is 0 Å². The van der Waals surface area contributed by atoms with Crippen molar-refractivity contribution in [1.29, 1.82) is 5.26 Å². The maximum Gasteiger partial charge on any atom is 0.417 e. The van der Waals surface area contributed by atoms with Crippen LogP contribution in [0.3, 0.4) is 0 Å². The first kappa shape index (κ1) is 23.4. The van der Waals surface area contributed by atoms with Gasteiger partial charge in [-0.3, -0.25) is 9.59 Å². The molecule has 0 aromatic heterocycles. The maximum atomic E-state index is 13.4. The number of nitrogens with one attached hydrogen (secondary N) is 1. The molecule has 1 atom stereocenters. The van der Waals surface area contributed by atoms with Crippen LogP contribution in [-0.4, -0.2) is 62.1 Å². The molecule has 7 nitrogen and oxygen atoms in total. The van der Waals surface area contributed by atoms with Crippen molar-refractivity contribution in [2.75, 3.05) is 38.3 Å². The molecule has 4 rings (SSSR count). The molecule has 1 N–H and O–H groups in total. The first-order chi connectivity index (χ1) is 15.7. The lowest BCUT2D eigenvalue weighted by atomic mass is 9.76. The zero-order chi connectivity index (χ0) is 23.8. The van der Waals surface area contributed by atoms with Crippen LogP contribution in [0.15, 0.2) is 18.2 Å². The molecule has 3 fully saturated rings. The highest BCUT2D eigenvalue weighted by Crippen LogP contribution is 2.45. The number of benzene rings is 1. The van der Waals surface area contributed by atoms with Gasteiger partial charge in [0.15, 0.2) is 0 Å². The molecule has 2 saturated heterocycles. The van der Waals surface area contributed by atoms with Crippen LogP contribution >= 0.6 is 0 Å². The number of ether oxygens (including phenoxy) is 1. The van der Waals surface area contributed by atoms with E-state index in [1.54, 1.807) is 17.0 Å². The van der Waals surface area contributed by atoms with Crippen molar-refractivity contribution in [2.24, 2.45) is 5.41 Å². The fourth-order valence-electron chi connectivity index (χ4n) is 4.95. The highest BCUT2D eigenvalue weighted by molar-refractivity contribution is 5.89. The van der Waals surface area contributed by atoms with E-state index >= 15 is 0 Å². The van der Waals surface area contributed by atoms with Crippen LogP contribution < -0.4 is 10.2 Å². The molecule has 10 heteroatoms. The molecule has 1 unspecified atom stereocenters. The summed E-state index contributed by atoms with van der Waals surface area (Å²) in [6.07, 6.45) is -0.856. The highest BCUT2D eigenvalue weighted by atomic mass is 19.4. The van der Waals surface area contributed by atoms with Crippen molar-refractivity contribution in [3.63, 3.8) is 0 Å². The topological polar surface area (TPSA) is 85.7 Å². The van der Waals surface area contributed by atoms with E-state index in [2.05, 4.69) is 5.32 Å². The Hall–Kier alpha value is -2.80. The van der Waals surface area contributed by atoms with E-state index in [0.29, 0.717) is 44.6 Å². The molecular weight excluding hydrogens is 437 g/mol. The van der Waals surface area contributed by atoms with Gasteiger partial charge in [-0.15, -0.1) is 0 Å². The lowest BCUT2D eigenvalue weighted by Crippen LogP contribution is -2.47. The fraction of sp³-hybridized carbons (Fsp3) is 0.609. The Labute approximate surface area is 190 Å². The van der Waals surface area contributed by atoms with Crippen molar-refractivity contribution >= 4 is 17.5 Å². The predicted octanol–water partition coefficient (Wildman–Crippen LogP) is 2.69. The Bertz CT molecular complexity index is 963. The largest absolute Gasteiger partial charge is 0.417 e. The summed E-state index contributed by atoms with van der Waals surface area (Å²) in [5.74, 6) is -0.363. The Kier molecular flexibility index (Phi) is 6.27. The standard InChI is InChI=1S/C23H27F3N4O3/c1-33-13-20(31)30-14-22(11-19(30)21(32)28-16-3-4-16)6-8-29(9-7-22)17-5-2-15(12-27)18(10-17)23(24,25)26/h2,5,10,16,19H,3-4,6-9,11,13-14H2,1H3,(H,28,32). The first-order valence-corrected chi connectivity index (χ1v) is 11.1. The van der Waals surface area contributed by atoms with Crippen molar-refractivity contribution < 1.29 is 27.5 Å². The first-order valence-electron chi connectivity index (χ1n) is 11.1. The number of piperidine rings is 1. The smallest absolute Gasteiger partial charge is 0.375 e. The number of halogens is 3. The molecule has 33 heavy (non-hydrogen) atoms. The van der Waals surface area contributed by atoms with Gasteiger partial charge in [0.25, 0.3) is 0 Å². The number of methoxy groups -OCH3 is 1. The predicted molar refractivity (Wildman–Crippen MR) is 113 cm³/mol. The highest BCUT2D eigenvalue weighted by Gasteiger charge is 2.50. The summed E-state index contributed by atoms with van der Waals surface area (Å²) in [5.41, 5.74) is -1.17. The third kappa shape index (κ3) is 4.93. The Balaban J connectivity index is 1.48. The van der Waals surface area contributed by atoms with Crippen molar-refractivity contribution in [2.45, 2.75) is 50.4 Å². The molecule has 2 aliphatic heterocycles. The number of nitriles is 1. The number of rotatable bonds is 5. The number of nitrogens with zero attached hydrogens (tertiary/aromatic N) is 3. The lowest BCUT2D eigenvalue weighted by molar-refractivity contribution is -0.141. The zero-order valence-electron chi connectivity index (χ0n) is 18.5. The lowest BCUT2D eigenvalue weighted by Gasteiger charge is -2.40.